The summed E-state index contributed by atoms with van der Waals surface area (Å²) in [7, 11) is 3.79. The Morgan fingerprint density at radius 3 is 1.50 bits per heavy atom. The first-order chi connectivity index (χ1) is 14.7. The summed E-state index contributed by atoms with van der Waals surface area (Å²) in [5.74, 6) is 0. The van der Waals surface area contributed by atoms with Gasteiger partial charge in [-0.15, -0.1) is 0 Å². The average Bonchev–Trinajstić information content (AvgIpc) is 2.79. The third kappa shape index (κ3) is 4.87. The van der Waals surface area contributed by atoms with E-state index in [1.807, 2.05) is 0 Å². The molecule has 0 atom stereocenters. The van der Waals surface area contributed by atoms with Crippen molar-refractivity contribution in [3.8, 4) is 11.1 Å². The second-order valence-electron chi connectivity index (χ2n) is 7.81. The molecule has 4 aromatic rings. The van der Waals surface area contributed by atoms with E-state index in [9.17, 15) is 0 Å². The molecular formula is C28H28NP. The molecule has 150 valence electrons. The lowest BCUT2D eigenvalue weighted by molar-refractivity contribution is 0.403. The predicted octanol–water partition coefficient (Wildman–Crippen LogP) is 6.05. The average molecular weight is 410 g/mol. The molecular weight excluding hydrogens is 381 g/mol. The van der Waals surface area contributed by atoms with Crippen LogP contribution in [0.15, 0.2) is 109 Å². The fourth-order valence-electron chi connectivity index (χ4n) is 3.90. The second kappa shape index (κ2) is 9.85. The fourth-order valence-corrected chi connectivity index (χ4v) is 6.24. The Kier molecular flexibility index (Phi) is 6.74. The van der Waals surface area contributed by atoms with E-state index in [1.165, 1.54) is 32.9 Å². The van der Waals surface area contributed by atoms with Gasteiger partial charge in [-0.1, -0.05) is 109 Å². The summed E-state index contributed by atoms with van der Waals surface area (Å²) < 4.78 is 0. The normalized spacial score (nSPS) is 11.2. The summed E-state index contributed by atoms with van der Waals surface area (Å²) in [5, 5.41) is 2.85. The summed E-state index contributed by atoms with van der Waals surface area (Å²) in [4.78, 5) is 2.24. The molecule has 2 heteroatoms. The van der Waals surface area contributed by atoms with Gasteiger partial charge < -0.3 is 4.90 Å². The molecule has 0 spiro atoms. The molecule has 0 aromatic heterocycles. The first-order valence-electron chi connectivity index (χ1n) is 10.4. The van der Waals surface area contributed by atoms with Crippen LogP contribution in [0.5, 0.6) is 0 Å². The molecule has 0 amide bonds. The zero-order chi connectivity index (χ0) is 20.8. The van der Waals surface area contributed by atoms with Gasteiger partial charge in [0.25, 0.3) is 0 Å². The van der Waals surface area contributed by atoms with Crippen LogP contribution in [0.25, 0.3) is 11.1 Å². The second-order valence-corrected chi connectivity index (χ2v) is 10.0. The van der Waals surface area contributed by atoms with Crippen LogP contribution in [-0.4, -0.2) is 19.0 Å². The quantitative estimate of drug-likeness (QED) is 0.336. The SMILES string of the molecule is CN(C)Cc1ccccc1-c1ccccc1CP(c1ccccc1)c1ccccc1. The van der Waals surface area contributed by atoms with E-state index >= 15 is 0 Å². The first kappa shape index (κ1) is 20.5. The minimum Gasteiger partial charge on any atom is -0.305 e. The van der Waals surface area contributed by atoms with Crippen LogP contribution >= 0.6 is 7.92 Å². The molecule has 1 nitrogen and oxygen atoms in total. The van der Waals surface area contributed by atoms with Crippen molar-refractivity contribution >= 4 is 18.5 Å². The third-order valence-electron chi connectivity index (χ3n) is 5.28. The largest absolute Gasteiger partial charge is 0.305 e. The number of hydrogen-bond acceptors (Lipinski definition) is 1. The monoisotopic (exact) mass is 409 g/mol. The molecule has 0 fully saturated rings. The molecule has 0 unspecified atom stereocenters. The fraction of sp³-hybridized carbons (Fsp3) is 0.143. The highest BCUT2D eigenvalue weighted by Gasteiger charge is 2.17. The molecule has 0 aliphatic heterocycles. The number of hydrogen-bond donors (Lipinski definition) is 0. The van der Waals surface area contributed by atoms with E-state index < -0.39 is 7.92 Å². The van der Waals surface area contributed by atoms with Crippen LogP contribution in [0.4, 0.5) is 0 Å². The standard InChI is InChI=1S/C28H28NP/c1-29(2)21-23-13-9-11-19-27(23)28-20-12-10-14-24(28)22-30(25-15-5-3-6-16-25)26-17-7-4-8-18-26/h3-20H,21-22H2,1-2H3. The van der Waals surface area contributed by atoms with Crippen LogP contribution in [0.2, 0.25) is 0 Å². The van der Waals surface area contributed by atoms with Crippen molar-refractivity contribution in [1.82, 2.24) is 4.90 Å². The molecule has 0 aliphatic rings. The predicted molar refractivity (Wildman–Crippen MR) is 132 cm³/mol. The van der Waals surface area contributed by atoms with Crippen LogP contribution in [-0.2, 0) is 12.7 Å². The Hall–Kier alpha value is -2.73. The van der Waals surface area contributed by atoms with E-state index in [4.69, 9.17) is 0 Å². The van der Waals surface area contributed by atoms with E-state index in [0.717, 1.165) is 12.7 Å². The van der Waals surface area contributed by atoms with E-state index in [2.05, 4.69) is 128 Å². The topological polar surface area (TPSA) is 3.24 Å². The smallest absolute Gasteiger partial charge is 0.0233 e. The summed E-state index contributed by atoms with van der Waals surface area (Å²) in [5.41, 5.74) is 5.49. The molecule has 0 N–H and O–H groups in total. The summed E-state index contributed by atoms with van der Waals surface area (Å²) >= 11 is 0. The molecule has 0 saturated carbocycles. The lowest BCUT2D eigenvalue weighted by Gasteiger charge is -2.22. The van der Waals surface area contributed by atoms with Gasteiger partial charge >= 0.3 is 0 Å². The van der Waals surface area contributed by atoms with Crippen molar-refractivity contribution in [2.24, 2.45) is 0 Å². The maximum atomic E-state index is 2.31. The number of benzene rings is 4. The minimum absolute atomic E-state index is 0.470. The third-order valence-corrected chi connectivity index (χ3v) is 7.78. The summed E-state index contributed by atoms with van der Waals surface area (Å²) in [6.07, 6.45) is 1.04. The molecule has 0 saturated heterocycles. The van der Waals surface area contributed by atoms with Crippen molar-refractivity contribution in [3.63, 3.8) is 0 Å². The van der Waals surface area contributed by atoms with Crippen molar-refractivity contribution < 1.29 is 0 Å². The van der Waals surface area contributed by atoms with Crippen molar-refractivity contribution in [2.45, 2.75) is 12.7 Å². The van der Waals surface area contributed by atoms with Crippen LogP contribution < -0.4 is 10.6 Å². The van der Waals surface area contributed by atoms with Gasteiger partial charge in [0.2, 0.25) is 0 Å². The van der Waals surface area contributed by atoms with Gasteiger partial charge in [0.05, 0.1) is 0 Å². The Balaban J connectivity index is 1.77. The van der Waals surface area contributed by atoms with Crippen molar-refractivity contribution in [1.29, 1.82) is 0 Å². The van der Waals surface area contributed by atoms with E-state index in [-0.39, 0.29) is 0 Å². The number of rotatable bonds is 7. The highest BCUT2D eigenvalue weighted by molar-refractivity contribution is 7.72. The molecule has 30 heavy (non-hydrogen) atoms. The van der Waals surface area contributed by atoms with Gasteiger partial charge in [-0.05, 0) is 54.9 Å². The Morgan fingerprint density at radius 1 is 0.533 bits per heavy atom. The van der Waals surface area contributed by atoms with Gasteiger partial charge in [-0.3, -0.25) is 0 Å². The molecule has 4 aromatic carbocycles. The van der Waals surface area contributed by atoms with E-state index in [1.54, 1.807) is 0 Å². The van der Waals surface area contributed by atoms with Gasteiger partial charge in [0.15, 0.2) is 0 Å². The highest BCUT2D eigenvalue weighted by atomic mass is 31.1. The lowest BCUT2D eigenvalue weighted by Crippen LogP contribution is -2.14. The maximum absolute atomic E-state index is 2.31. The van der Waals surface area contributed by atoms with Gasteiger partial charge in [-0.2, -0.15) is 0 Å². The zero-order valence-corrected chi connectivity index (χ0v) is 18.6. The summed E-state index contributed by atoms with van der Waals surface area (Å²) in [6.45, 7) is 0.941. The Labute approximate surface area is 181 Å². The lowest BCUT2D eigenvalue weighted by atomic mass is 9.96. The van der Waals surface area contributed by atoms with E-state index in [0.29, 0.717) is 0 Å². The van der Waals surface area contributed by atoms with Crippen LogP contribution in [0.3, 0.4) is 0 Å². The maximum Gasteiger partial charge on any atom is 0.0233 e. The van der Waals surface area contributed by atoms with Gasteiger partial charge in [0, 0.05) is 12.7 Å². The molecule has 0 bridgehead atoms. The Bertz CT molecular complexity index is 1030. The van der Waals surface area contributed by atoms with Crippen LogP contribution in [0.1, 0.15) is 11.1 Å². The zero-order valence-electron chi connectivity index (χ0n) is 17.7. The molecule has 0 radical (unpaired) electrons. The van der Waals surface area contributed by atoms with Crippen molar-refractivity contribution in [2.75, 3.05) is 14.1 Å². The molecule has 4 rings (SSSR count). The Morgan fingerprint density at radius 2 is 0.967 bits per heavy atom. The van der Waals surface area contributed by atoms with Crippen molar-refractivity contribution in [3.05, 3.63) is 120 Å². The summed E-state index contributed by atoms with van der Waals surface area (Å²) in [6, 6.07) is 39.7. The molecule has 0 heterocycles. The molecule has 0 aliphatic carbocycles. The first-order valence-corrected chi connectivity index (χ1v) is 11.9. The number of nitrogens with zero attached hydrogens (tertiary/aromatic N) is 1. The van der Waals surface area contributed by atoms with Crippen LogP contribution in [0, 0.1) is 0 Å². The van der Waals surface area contributed by atoms with Gasteiger partial charge in [0.1, 0.15) is 0 Å². The minimum atomic E-state index is -0.470. The highest BCUT2D eigenvalue weighted by Crippen LogP contribution is 2.41. The van der Waals surface area contributed by atoms with Gasteiger partial charge in [-0.25, -0.2) is 0 Å².